The highest BCUT2D eigenvalue weighted by molar-refractivity contribution is 7.92. The third kappa shape index (κ3) is 3.91. The molecule has 0 bridgehead atoms. The van der Waals surface area contributed by atoms with Crippen LogP contribution in [-0.2, 0) is 21.2 Å². The number of aromatic nitrogens is 2. The topological polar surface area (TPSA) is 141 Å². The van der Waals surface area contributed by atoms with Gasteiger partial charge in [0.25, 0.3) is 15.9 Å². The molecule has 34 heavy (non-hydrogen) atoms. The van der Waals surface area contributed by atoms with E-state index < -0.39 is 33.0 Å². The molecule has 3 N–H and O–H groups in total. The van der Waals surface area contributed by atoms with Gasteiger partial charge in [-0.1, -0.05) is 11.3 Å². The van der Waals surface area contributed by atoms with E-state index in [9.17, 15) is 27.2 Å². The van der Waals surface area contributed by atoms with Crippen LogP contribution >= 0.6 is 11.3 Å². The van der Waals surface area contributed by atoms with E-state index in [1.54, 1.807) is 23.1 Å². The van der Waals surface area contributed by atoms with Crippen LogP contribution in [0.3, 0.4) is 0 Å². The first-order valence-electron chi connectivity index (χ1n) is 9.74. The molecule has 13 heteroatoms. The number of halogens is 1. The fourth-order valence-electron chi connectivity index (χ4n) is 3.56. The minimum Gasteiger partial charge on any atom is -0.361 e. The zero-order valence-electron chi connectivity index (χ0n) is 17.0. The lowest BCUT2D eigenvalue weighted by molar-refractivity contribution is -0.117. The Kier molecular flexibility index (Phi) is 5.14. The molecule has 172 valence electrons. The molecule has 0 atom stereocenters. The number of imide groups is 1. The van der Waals surface area contributed by atoms with E-state index in [4.69, 9.17) is 0 Å². The van der Waals surface area contributed by atoms with Crippen LogP contribution in [0.25, 0.3) is 10.9 Å². The lowest BCUT2D eigenvalue weighted by Crippen LogP contribution is -2.43. The summed E-state index contributed by atoms with van der Waals surface area (Å²) in [5.74, 6) is -0.916. The lowest BCUT2D eigenvalue weighted by Gasteiger charge is -2.26. The second kappa shape index (κ2) is 8.04. The van der Waals surface area contributed by atoms with Crippen LogP contribution in [0.5, 0.6) is 0 Å². The zero-order valence-corrected chi connectivity index (χ0v) is 18.7. The summed E-state index contributed by atoms with van der Waals surface area (Å²) >= 11 is 0.377. The number of sulfonamides is 1. The number of amides is 4. The SMILES string of the molecule is O=C(Nc1ccc(N2C(=O)Cc3cc4[nH]ccc4cc3C2=O)nc1)NS(=O)(=O)c1ccc(F)s1. The molecule has 10 nitrogen and oxygen atoms in total. The normalized spacial score (nSPS) is 13.7. The maximum absolute atomic E-state index is 13.1. The number of carbonyl (C=O) groups excluding carboxylic acids is 3. The molecule has 0 fully saturated rings. The van der Waals surface area contributed by atoms with E-state index in [-0.39, 0.29) is 22.1 Å². The van der Waals surface area contributed by atoms with Gasteiger partial charge in [-0.05, 0) is 48.0 Å². The molecular formula is C21H14FN5O5S2. The van der Waals surface area contributed by atoms with Gasteiger partial charge in [-0.3, -0.25) is 9.59 Å². The van der Waals surface area contributed by atoms with Crippen molar-refractivity contribution >= 4 is 61.6 Å². The van der Waals surface area contributed by atoms with Crippen molar-refractivity contribution < 1.29 is 27.2 Å². The third-order valence-electron chi connectivity index (χ3n) is 5.08. The molecular weight excluding hydrogens is 485 g/mol. The van der Waals surface area contributed by atoms with Gasteiger partial charge >= 0.3 is 6.03 Å². The fraction of sp³-hybridized carbons (Fsp3) is 0.0476. The van der Waals surface area contributed by atoms with E-state index in [1.807, 2.05) is 6.07 Å². The average Bonchev–Trinajstić information content (AvgIpc) is 3.42. The Morgan fingerprint density at radius 3 is 2.68 bits per heavy atom. The molecule has 1 aliphatic heterocycles. The number of carbonyl (C=O) groups is 3. The summed E-state index contributed by atoms with van der Waals surface area (Å²) in [5.41, 5.74) is 1.94. The Hall–Kier alpha value is -4.10. The molecule has 0 spiro atoms. The first-order chi connectivity index (χ1) is 16.2. The Labute approximate surface area is 195 Å². The van der Waals surface area contributed by atoms with Crippen LogP contribution in [0.4, 0.5) is 20.7 Å². The molecule has 3 aromatic heterocycles. The summed E-state index contributed by atoms with van der Waals surface area (Å²) in [6.07, 6.45) is 2.94. The van der Waals surface area contributed by atoms with Gasteiger partial charge in [-0.15, -0.1) is 0 Å². The second-order valence-corrected chi connectivity index (χ2v) is 10.3. The highest BCUT2D eigenvalue weighted by Crippen LogP contribution is 2.28. The van der Waals surface area contributed by atoms with Crippen molar-refractivity contribution in [3.05, 3.63) is 71.1 Å². The first kappa shape index (κ1) is 21.7. The predicted octanol–water partition coefficient (Wildman–Crippen LogP) is 3.00. The number of nitrogens with one attached hydrogen (secondary N) is 3. The maximum Gasteiger partial charge on any atom is 0.333 e. The highest BCUT2D eigenvalue weighted by atomic mass is 32.2. The molecule has 1 aromatic carbocycles. The summed E-state index contributed by atoms with van der Waals surface area (Å²) in [6.45, 7) is 0. The van der Waals surface area contributed by atoms with Gasteiger partial charge in [-0.25, -0.2) is 27.8 Å². The average molecular weight is 500 g/mol. The van der Waals surface area contributed by atoms with Crippen LogP contribution in [0, 0.1) is 5.13 Å². The number of hydrogen-bond donors (Lipinski definition) is 3. The van der Waals surface area contributed by atoms with Gasteiger partial charge in [0.15, 0.2) is 5.13 Å². The number of benzene rings is 1. The number of urea groups is 1. The smallest absolute Gasteiger partial charge is 0.333 e. The second-order valence-electron chi connectivity index (χ2n) is 7.31. The minimum absolute atomic E-state index is 0.0152. The quantitative estimate of drug-likeness (QED) is 0.369. The standard InChI is InChI=1S/C21H14FN5O5S2/c22-16-2-4-19(33-16)34(31,32)26-21(30)25-13-1-3-17(24-10-13)27-18(28)9-12-8-15-11(5-6-23-15)7-14(12)20(27)29/h1-8,10,23H,9H2,(H2,25,26,30). The van der Waals surface area contributed by atoms with Crippen molar-refractivity contribution in [1.82, 2.24) is 14.7 Å². The van der Waals surface area contributed by atoms with Gasteiger partial charge in [0.2, 0.25) is 5.91 Å². The summed E-state index contributed by atoms with van der Waals surface area (Å²) in [4.78, 5) is 45.9. The number of rotatable bonds is 4. The fourth-order valence-corrected chi connectivity index (χ4v) is 5.47. The summed E-state index contributed by atoms with van der Waals surface area (Å²) in [6, 6.07) is 8.96. The summed E-state index contributed by atoms with van der Waals surface area (Å²) in [7, 11) is -4.24. The molecule has 0 saturated carbocycles. The van der Waals surface area contributed by atoms with Crippen LogP contribution in [0.1, 0.15) is 15.9 Å². The number of H-pyrrole nitrogens is 1. The van der Waals surface area contributed by atoms with Crippen molar-refractivity contribution in [1.29, 1.82) is 0 Å². The van der Waals surface area contributed by atoms with Gasteiger partial charge in [0.05, 0.1) is 18.3 Å². The van der Waals surface area contributed by atoms with Crippen molar-refractivity contribution in [2.45, 2.75) is 10.6 Å². The number of aromatic amines is 1. The Balaban J connectivity index is 1.32. The van der Waals surface area contributed by atoms with Crippen LogP contribution in [0.15, 0.2) is 59.1 Å². The molecule has 4 amide bonds. The maximum atomic E-state index is 13.1. The lowest BCUT2D eigenvalue weighted by atomic mass is 9.96. The molecule has 5 rings (SSSR count). The molecule has 4 aromatic rings. The van der Waals surface area contributed by atoms with Crippen LogP contribution < -0.4 is 14.9 Å². The molecule has 4 heterocycles. The highest BCUT2D eigenvalue weighted by Gasteiger charge is 2.33. The van der Waals surface area contributed by atoms with Gasteiger partial charge < -0.3 is 10.3 Å². The zero-order chi connectivity index (χ0) is 24.0. The summed E-state index contributed by atoms with van der Waals surface area (Å²) in [5, 5.41) is 2.41. The van der Waals surface area contributed by atoms with Crippen molar-refractivity contribution in [3.63, 3.8) is 0 Å². The molecule has 0 saturated heterocycles. The number of pyridine rings is 1. The van der Waals surface area contributed by atoms with Crippen molar-refractivity contribution in [2.75, 3.05) is 10.2 Å². The van der Waals surface area contributed by atoms with E-state index >= 15 is 0 Å². The number of fused-ring (bicyclic) bond motifs is 2. The Bertz CT molecular complexity index is 1580. The largest absolute Gasteiger partial charge is 0.361 e. The Morgan fingerprint density at radius 1 is 1.15 bits per heavy atom. The van der Waals surface area contributed by atoms with E-state index in [2.05, 4.69) is 15.3 Å². The number of hydrogen-bond acceptors (Lipinski definition) is 7. The van der Waals surface area contributed by atoms with E-state index in [0.717, 1.165) is 27.9 Å². The number of anilines is 2. The van der Waals surface area contributed by atoms with Crippen LogP contribution in [0.2, 0.25) is 0 Å². The first-order valence-corrected chi connectivity index (χ1v) is 12.0. The van der Waals surface area contributed by atoms with Crippen LogP contribution in [-0.4, -0.2) is 36.2 Å². The predicted molar refractivity (Wildman–Crippen MR) is 122 cm³/mol. The summed E-state index contributed by atoms with van der Waals surface area (Å²) < 4.78 is 38.7. The number of nitrogens with zero attached hydrogens (tertiary/aromatic N) is 2. The van der Waals surface area contributed by atoms with E-state index in [0.29, 0.717) is 22.5 Å². The van der Waals surface area contributed by atoms with Gasteiger partial charge in [0.1, 0.15) is 10.0 Å². The minimum atomic E-state index is -4.24. The molecule has 1 aliphatic rings. The van der Waals surface area contributed by atoms with Crippen molar-refractivity contribution in [3.8, 4) is 0 Å². The molecule has 0 unspecified atom stereocenters. The van der Waals surface area contributed by atoms with Crippen molar-refractivity contribution in [2.24, 2.45) is 0 Å². The number of thiophene rings is 1. The van der Waals surface area contributed by atoms with Gasteiger partial charge in [0, 0.05) is 22.7 Å². The van der Waals surface area contributed by atoms with E-state index in [1.165, 1.54) is 18.3 Å². The molecule has 0 aliphatic carbocycles. The third-order valence-corrected chi connectivity index (χ3v) is 7.77. The monoisotopic (exact) mass is 499 g/mol. The Morgan fingerprint density at radius 2 is 1.97 bits per heavy atom. The van der Waals surface area contributed by atoms with Gasteiger partial charge in [-0.2, -0.15) is 4.39 Å². The molecule has 0 radical (unpaired) electrons.